The number of halogens is 2. The molecule has 0 saturated carbocycles. The molecule has 1 amide bonds. The monoisotopic (exact) mass is 539 g/mol. The van der Waals surface area contributed by atoms with Gasteiger partial charge in [-0.2, -0.15) is 0 Å². The van der Waals surface area contributed by atoms with E-state index in [4.69, 9.17) is 14.2 Å². The summed E-state index contributed by atoms with van der Waals surface area (Å²) in [6.45, 7) is 3.47. The Morgan fingerprint density at radius 3 is 2.71 bits per heavy atom. The molecule has 2 aliphatic heterocycles. The van der Waals surface area contributed by atoms with E-state index in [1.165, 1.54) is 12.7 Å². The molecule has 1 aromatic carbocycles. The summed E-state index contributed by atoms with van der Waals surface area (Å²) in [6, 6.07) is 8.77. The Bertz CT molecular complexity index is 1140. The number of alkyl halides is 2. The summed E-state index contributed by atoms with van der Waals surface area (Å²) in [5.41, 5.74) is 1.22. The van der Waals surface area contributed by atoms with Crippen LogP contribution in [0.4, 0.5) is 10.2 Å². The van der Waals surface area contributed by atoms with Gasteiger partial charge in [0.05, 0.1) is 10.8 Å². The van der Waals surface area contributed by atoms with Crippen molar-refractivity contribution in [2.45, 2.75) is 43.9 Å². The van der Waals surface area contributed by atoms with Crippen LogP contribution < -0.4 is 5.32 Å². The van der Waals surface area contributed by atoms with E-state index in [9.17, 15) is 4.79 Å². The van der Waals surface area contributed by atoms with E-state index in [0.717, 1.165) is 0 Å². The third-order valence-corrected chi connectivity index (χ3v) is 6.27. The highest BCUT2D eigenvalue weighted by Gasteiger charge is 2.64. The number of nitrogens with zero attached hydrogens (tertiary/aromatic N) is 4. The van der Waals surface area contributed by atoms with Crippen LogP contribution in [0.1, 0.15) is 30.4 Å². The van der Waals surface area contributed by atoms with Crippen LogP contribution in [0.25, 0.3) is 11.2 Å². The van der Waals surface area contributed by atoms with Crippen LogP contribution in [0.3, 0.4) is 0 Å². The molecule has 162 valence electrons. The number of ether oxygens (including phenoxy) is 3. The van der Waals surface area contributed by atoms with E-state index >= 15 is 4.39 Å². The number of carbonyl (C=O) groups excluding carboxylic acids is 1. The van der Waals surface area contributed by atoms with Crippen molar-refractivity contribution < 1.29 is 23.4 Å². The predicted molar refractivity (Wildman–Crippen MR) is 116 cm³/mol. The molecule has 1 N–H and O–H groups in total. The van der Waals surface area contributed by atoms with Gasteiger partial charge in [-0.25, -0.2) is 19.3 Å². The number of aromatic nitrogens is 4. The standard InChI is InChI=1S/C20H19FIN5O4/c1-19(2)29-13-14(30-19)20(21,8-22)31-18(13)27-10-25-12-15(23-9-24-16(12)27)26-17(28)11-6-4-3-5-7-11/h3-7,9-10,13-14,18H,8H2,1-2H3,(H,23,24,26,28)/t13?,14-,18-,20?/m1/s1. The second kappa shape index (κ2) is 7.43. The number of amides is 1. The lowest BCUT2D eigenvalue weighted by Gasteiger charge is -2.27. The van der Waals surface area contributed by atoms with E-state index in [2.05, 4.69) is 20.3 Å². The van der Waals surface area contributed by atoms with Gasteiger partial charge in [0.2, 0.25) is 5.85 Å². The van der Waals surface area contributed by atoms with Crippen LogP contribution in [0.2, 0.25) is 0 Å². The van der Waals surface area contributed by atoms with Crippen LogP contribution in [0.15, 0.2) is 43.0 Å². The number of nitrogens with one attached hydrogen (secondary N) is 1. The van der Waals surface area contributed by atoms with Gasteiger partial charge < -0.3 is 19.5 Å². The molecule has 0 radical (unpaired) electrons. The summed E-state index contributed by atoms with van der Waals surface area (Å²) in [5, 5.41) is 2.75. The predicted octanol–water partition coefficient (Wildman–Crippen LogP) is 3.23. The van der Waals surface area contributed by atoms with Gasteiger partial charge in [-0.1, -0.05) is 40.8 Å². The maximum absolute atomic E-state index is 15.5. The zero-order valence-corrected chi connectivity index (χ0v) is 18.8. The van der Waals surface area contributed by atoms with Crippen molar-refractivity contribution in [2.75, 3.05) is 9.74 Å². The molecular formula is C20H19FIN5O4. The van der Waals surface area contributed by atoms with Crippen molar-refractivity contribution in [1.29, 1.82) is 0 Å². The highest BCUT2D eigenvalue weighted by Crippen LogP contribution is 2.50. The van der Waals surface area contributed by atoms with Crippen LogP contribution in [0.5, 0.6) is 0 Å². The Balaban J connectivity index is 1.50. The lowest BCUT2D eigenvalue weighted by molar-refractivity contribution is -0.245. The van der Waals surface area contributed by atoms with Crippen molar-refractivity contribution in [3.8, 4) is 0 Å². The van der Waals surface area contributed by atoms with Crippen LogP contribution in [-0.4, -0.2) is 53.7 Å². The first kappa shape index (κ1) is 20.7. The SMILES string of the molecule is CC1(C)OC2[C@H](n3cnc4c(NC(=O)c5ccccc5)ncnc43)OC(F)(CI)[C@@H]2O1. The van der Waals surface area contributed by atoms with Crippen molar-refractivity contribution >= 4 is 45.5 Å². The molecule has 0 bridgehead atoms. The number of hydrogen-bond donors (Lipinski definition) is 1. The van der Waals surface area contributed by atoms with Crippen molar-refractivity contribution in [3.63, 3.8) is 0 Å². The maximum atomic E-state index is 15.5. The number of rotatable bonds is 4. The molecule has 2 aromatic heterocycles. The van der Waals surface area contributed by atoms with Crippen molar-refractivity contribution in [2.24, 2.45) is 0 Å². The minimum absolute atomic E-state index is 0.0713. The Labute approximate surface area is 190 Å². The first-order chi connectivity index (χ1) is 14.8. The summed E-state index contributed by atoms with van der Waals surface area (Å²) in [5.74, 6) is -3.04. The van der Waals surface area contributed by atoms with Gasteiger partial charge in [-0.05, 0) is 26.0 Å². The normalized spacial score (nSPS) is 29.2. The molecule has 0 aliphatic carbocycles. The molecule has 2 aliphatic rings. The maximum Gasteiger partial charge on any atom is 0.256 e. The van der Waals surface area contributed by atoms with Crippen LogP contribution in [0, 0.1) is 0 Å². The largest absolute Gasteiger partial charge is 0.340 e. The molecule has 2 saturated heterocycles. The Hall–Kier alpha value is -2.22. The van der Waals surface area contributed by atoms with Gasteiger partial charge in [0.1, 0.15) is 12.4 Å². The van der Waals surface area contributed by atoms with E-state index < -0.39 is 30.1 Å². The number of fused-ring (bicyclic) bond motifs is 2. The second-order valence-corrected chi connectivity index (χ2v) is 8.58. The molecule has 2 fully saturated rings. The van der Waals surface area contributed by atoms with Crippen LogP contribution >= 0.6 is 22.6 Å². The molecule has 31 heavy (non-hydrogen) atoms. The van der Waals surface area contributed by atoms with E-state index in [0.29, 0.717) is 16.7 Å². The molecule has 5 rings (SSSR count). The lowest BCUT2D eigenvalue weighted by Crippen LogP contribution is -2.40. The molecule has 3 aromatic rings. The summed E-state index contributed by atoms with van der Waals surface area (Å²) >= 11 is 1.93. The lowest BCUT2D eigenvalue weighted by atomic mass is 10.1. The van der Waals surface area contributed by atoms with Gasteiger partial charge >= 0.3 is 0 Å². The fourth-order valence-electron chi connectivity index (χ4n) is 3.89. The third kappa shape index (κ3) is 3.49. The number of anilines is 1. The number of benzene rings is 1. The summed E-state index contributed by atoms with van der Waals surface area (Å²) < 4.78 is 34.6. The molecule has 4 atom stereocenters. The number of hydrogen-bond acceptors (Lipinski definition) is 7. The van der Waals surface area contributed by atoms with Gasteiger partial charge in [0, 0.05) is 5.56 Å². The summed E-state index contributed by atoms with van der Waals surface area (Å²) in [7, 11) is 0. The quantitative estimate of drug-likeness (QED) is 0.402. The van der Waals surface area contributed by atoms with Gasteiger partial charge in [0.25, 0.3) is 5.91 Å². The van der Waals surface area contributed by atoms with E-state index in [-0.39, 0.29) is 16.2 Å². The Morgan fingerprint density at radius 1 is 1.19 bits per heavy atom. The third-order valence-electron chi connectivity index (χ3n) is 5.23. The van der Waals surface area contributed by atoms with Crippen molar-refractivity contribution in [1.82, 2.24) is 19.5 Å². The zero-order chi connectivity index (χ0) is 21.8. The highest BCUT2D eigenvalue weighted by atomic mass is 127. The Kier molecular flexibility index (Phi) is 4.95. The first-order valence-electron chi connectivity index (χ1n) is 9.63. The van der Waals surface area contributed by atoms with E-state index in [1.807, 2.05) is 28.7 Å². The van der Waals surface area contributed by atoms with E-state index in [1.54, 1.807) is 42.7 Å². The second-order valence-electron chi connectivity index (χ2n) is 7.82. The molecule has 2 unspecified atom stereocenters. The van der Waals surface area contributed by atoms with Crippen molar-refractivity contribution in [3.05, 3.63) is 48.5 Å². The minimum Gasteiger partial charge on any atom is -0.340 e. The zero-order valence-electron chi connectivity index (χ0n) is 16.7. The molecule has 9 nitrogen and oxygen atoms in total. The molecule has 4 heterocycles. The fraction of sp³-hybridized carbons (Fsp3) is 0.400. The van der Waals surface area contributed by atoms with Crippen LogP contribution in [-0.2, 0) is 14.2 Å². The number of imidazole rings is 1. The topological polar surface area (TPSA) is 100 Å². The highest BCUT2D eigenvalue weighted by molar-refractivity contribution is 14.1. The Morgan fingerprint density at radius 2 is 1.97 bits per heavy atom. The molecular weight excluding hydrogens is 520 g/mol. The minimum atomic E-state index is -2.02. The summed E-state index contributed by atoms with van der Waals surface area (Å²) in [4.78, 5) is 25.3. The van der Waals surface area contributed by atoms with Gasteiger partial charge in [-0.3, -0.25) is 9.36 Å². The average Bonchev–Trinajstić information content (AvgIpc) is 3.40. The number of carbonyl (C=O) groups is 1. The first-order valence-corrected chi connectivity index (χ1v) is 11.2. The van der Waals surface area contributed by atoms with Gasteiger partial charge in [-0.15, -0.1) is 0 Å². The average molecular weight is 539 g/mol. The fourth-order valence-corrected chi connectivity index (χ4v) is 4.50. The van der Waals surface area contributed by atoms with Gasteiger partial charge in [0.15, 0.2) is 35.1 Å². The molecule has 0 spiro atoms. The summed E-state index contributed by atoms with van der Waals surface area (Å²) in [6.07, 6.45) is 0.367. The smallest absolute Gasteiger partial charge is 0.256 e. The molecule has 11 heteroatoms.